The van der Waals surface area contributed by atoms with Gasteiger partial charge in [-0.2, -0.15) is 0 Å². The lowest BCUT2D eigenvalue weighted by molar-refractivity contribution is 0.766. The van der Waals surface area contributed by atoms with Gasteiger partial charge in [0.05, 0.1) is 6.54 Å². The predicted molar refractivity (Wildman–Crippen MR) is 80.5 cm³/mol. The fourth-order valence-corrected chi connectivity index (χ4v) is 3.10. The van der Waals surface area contributed by atoms with E-state index < -0.39 is 0 Å². The number of hydrogen-bond acceptors (Lipinski definition) is 4. The molecule has 0 unspecified atom stereocenters. The summed E-state index contributed by atoms with van der Waals surface area (Å²) in [4.78, 5) is 8.23. The van der Waals surface area contributed by atoms with Crippen molar-refractivity contribution in [2.75, 3.05) is 11.9 Å². The van der Waals surface area contributed by atoms with Crippen molar-refractivity contribution in [1.29, 1.82) is 0 Å². The Hall–Kier alpha value is -1.39. The third kappa shape index (κ3) is 2.96. The number of nitrogens with one attached hydrogen (secondary N) is 1. The van der Waals surface area contributed by atoms with Crippen LogP contribution in [0.15, 0.2) is 36.0 Å². The zero-order valence-corrected chi connectivity index (χ0v) is 12.0. The molecular formula is C15H19N3S. The van der Waals surface area contributed by atoms with Gasteiger partial charge >= 0.3 is 0 Å². The third-order valence-electron chi connectivity index (χ3n) is 3.45. The topological polar surface area (TPSA) is 28.2 Å². The molecule has 2 aromatic rings. The first kappa shape index (κ1) is 12.6. The summed E-state index contributed by atoms with van der Waals surface area (Å²) in [6.07, 6.45) is 6.51. The summed E-state index contributed by atoms with van der Waals surface area (Å²) < 4.78 is 0. The Morgan fingerprint density at radius 3 is 3.00 bits per heavy atom. The van der Waals surface area contributed by atoms with Crippen LogP contribution in [0.25, 0.3) is 0 Å². The van der Waals surface area contributed by atoms with Crippen LogP contribution < -0.4 is 10.2 Å². The molecule has 0 atom stereocenters. The number of anilines is 1. The molecule has 3 rings (SSSR count). The fraction of sp³-hybridized carbons (Fsp3) is 0.400. The van der Waals surface area contributed by atoms with Gasteiger partial charge in [0, 0.05) is 41.1 Å². The summed E-state index contributed by atoms with van der Waals surface area (Å²) in [5.41, 5.74) is 2.62. The van der Waals surface area contributed by atoms with E-state index in [4.69, 9.17) is 0 Å². The van der Waals surface area contributed by atoms with Gasteiger partial charge in [0.25, 0.3) is 0 Å². The van der Waals surface area contributed by atoms with Crippen LogP contribution in [0.4, 0.5) is 5.69 Å². The second-order valence-electron chi connectivity index (χ2n) is 4.97. The SMILES string of the molecule is CNCc1cnccc1N(Cc1cccs1)C1CC1. The summed E-state index contributed by atoms with van der Waals surface area (Å²) in [5, 5.41) is 5.39. The van der Waals surface area contributed by atoms with Gasteiger partial charge in [0.15, 0.2) is 0 Å². The largest absolute Gasteiger partial charge is 0.363 e. The zero-order valence-electron chi connectivity index (χ0n) is 11.2. The fourth-order valence-electron chi connectivity index (χ4n) is 2.39. The minimum atomic E-state index is 0.708. The van der Waals surface area contributed by atoms with Gasteiger partial charge in [-0.15, -0.1) is 11.3 Å². The minimum absolute atomic E-state index is 0.708. The van der Waals surface area contributed by atoms with E-state index in [0.717, 1.165) is 13.1 Å². The smallest absolute Gasteiger partial charge is 0.0526 e. The molecule has 0 radical (unpaired) electrons. The molecule has 1 fully saturated rings. The van der Waals surface area contributed by atoms with Gasteiger partial charge in [0.2, 0.25) is 0 Å². The molecule has 4 heteroatoms. The van der Waals surface area contributed by atoms with Crippen LogP contribution in [-0.2, 0) is 13.1 Å². The Morgan fingerprint density at radius 1 is 1.42 bits per heavy atom. The van der Waals surface area contributed by atoms with Crippen molar-refractivity contribution in [1.82, 2.24) is 10.3 Å². The molecule has 1 N–H and O–H groups in total. The quantitative estimate of drug-likeness (QED) is 0.877. The number of aromatic nitrogens is 1. The predicted octanol–water partition coefficient (Wildman–Crippen LogP) is 3.03. The first-order valence-electron chi connectivity index (χ1n) is 6.75. The second-order valence-corrected chi connectivity index (χ2v) is 6.01. The van der Waals surface area contributed by atoms with E-state index in [1.165, 1.54) is 29.0 Å². The summed E-state index contributed by atoms with van der Waals surface area (Å²) >= 11 is 1.84. The van der Waals surface area contributed by atoms with E-state index in [1.807, 2.05) is 30.8 Å². The van der Waals surface area contributed by atoms with Crippen molar-refractivity contribution in [2.24, 2.45) is 0 Å². The Kier molecular flexibility index (Phi) is 3.80. The number of rotatable bonds is 6. The molecule has 1 aliphatic carbocycles. The first-order valence-corrected chi connectivity index (χ1v) is 7.63. The van der Waals surface area contributed by atoms with Crippen molar-refractivity contribution < 1.29 is 0 Å². The van der Waals surface area contributed by atoms with E-state index in [2.05, 4.69) is 38.8 Å². The molecule has 2 aromatic heterocycles. The van der Waals surface area contributed by atoms with Gasteiger partial charge in [-0.05, 0) is 37.4 Å². The van der Waals surface area contributed by atoms with Gasteiger partial charge < -0.3 is 10.2 Å². The van der Waals surface area contributed by atoms with Crippen LogP contribution in [0, 0.1) is 0 Å². The summed E-state index contributed by atoms with van der Waals surface area (Å²) in [5.74, 6) is 0. The first-order chi connectivity index (χ1) is 9.38. The Bertz CT molecular complexity index is 520. The number of pyridine rings is 1. The number of thiophene rings is 1. The van der Waals surface area contributed by atoms with Crippen LogP contribution >= 0.6 is 11.3 Å². The van der Waals surface area contributed by atoms with Gasteiger partial charge in [-0.1, -0.05) is 6.07 Å². The monoisotopic (exact) mass is 273 g/mol. The molecule has 0 aliphatic heterocycles. The Balaban J connectivity index is 1.87. The molecule has 1 aliphatic rings. The zero-order chi connectivity index (χ0) is 13.1. The highest BCUT2D eigenvalue weighted by Crippen LogP contribution is 2.35. The van der Waals surface area contributed by atoms with Crippen LogP contribution in [0.1, 0.15) is 23.3 Å². The molecule has 0 spiro atoms. The van der Waals surface area contributed by atoms with Crippen LogP contribution in [0.3, 0.4) is 0 Å². The molecule has 3 nitrogen and oxygen atoms in total. The number of hydrogen-bond donors (Lipinski definition) is 1. The molecule has 2 heterocycles. The van der Waals surface area contributed by atoms with E-state index in [9.17, 15) is 0 Å². The lowest BCUT2D eigenvalue weighted by Gasteiger charge is -2.26. The molecule has 1 saturated carbocycles. The number of nitrogens with zero attached hydrogens (tertiary/aromatic N) is 2. The lowest BCUT2D eigenvalue weighted by Crippen LogP contribution is -2.26. The molecule has 0 amide bonds. The standard InChI is InChI=1S/C15H19N3S/c1-16-9-12-10-17-7-6-15(12)18(13-4-5-13)11-14-3-2-8-19-14/h2-3,6-8,10,13,16H,4-5,9,11H2,1H3. The molecule has 19 heavy (non-hydrogen) atoms. The normalized spacial score (nSPS) is 14.6. The van der Waals surface area contributed by atoms with Crippen LogP contribution in [-0.4, -0.2) is 18.1 Å². The van der Waals surface area contributed by atoms with Crippen molar-refractivity contribution in [3.63, 3.8) is 0 Å². The molecule has 0 aromatic carbocycles. The van der Waals surface area contributed by atoms with Gasteiger partial charge in [-0.25, -0.2) is 0 Å². The van der Waals surface area contributed by atoms with Crippen molar-refractivity contribution in [3.05, 3.63) is 46.4 Å². The summed E-state index contributed by atoms with van der Waals surface area (Å²) in [6, 6.07) is 7.21. The summed E-state index contributed by atoms with van der Waals surface area (Å²) in [7, 11) is 1.98. The van der Waals surface area contributed by atoms with Crippen LogP contribution in [0.2, 0.25) is 0 Å². The van der Waals surface area contributed by atoms with Crippen molar-refractivity contribution in [2.45, 2.75) is 32.0 Å². The molecule has 100 valence electrons. The van der Waals surface area contributed by atoms with E-state index in [-0.39, 0.29) is 0 Å². The average Bonchev–Trinajstić information content (AvgIpc) is 3.15. The van der Waals surface area contributed by atoms with Gasteiger partial charge in [0.1, 0.15) is 0 Å². The summed E-state index contributed by atoms with van der Waals surface area (Å²) in [6.45, 7) is 1.89. The lowest BCUT2D eigenvalue weighted by atomic mass is 10.2. The highest BCUT2D eigenvalue weighted by atomic mass is 32.1. The second kappa shape index (κ2) is 5.72. The average molecular weight is 273 g/mol. The Labute approximate surface area is 118 Å². The van der Waals surface area contributed by atoms with Crippen molar-refractivity contribution in [3.8, 4) is 0 Å². The molecular weight excluding hydrogens is 254 g/mol. The molecule has 0 saturated heterocycles. The van der Waals surface area contributed by atoms with Gasteiger partial charge in [-0.3, -0.25) is 4.98 Å². The molecule has 0 bridgehead atoms. The maximum Gasteiger partial charge on any atom is 0.0526 e. The van der Waals surface area contributed by atoms with E-state index >= 15 is 0 Å². The maximum atomic E-state index is 4.26. The van der Waals surface area contributed by atoms with E-state index in [0.29, 0.717) is 6.04 Å². The maximum absolute atomic E-state index is 4.26. The van der Waals surface area contributed by atoms with Crippen molar-refractivity contribution >= 4 is 17.0 Å². The van der Waals surface area contributed by atoms with E-state index in [1.54, 1.807) is 0 Å². The minimum Gasteiger partial charge on any atom is -0.363 e. The third-order valence-corrected chi connectivity index (χ3v) is 4.31. The highest BCUT2D eigenvalue weighted by molar-refractivity contribution is 7.09. The van der Waals surface area contributed by atoms with Crippen LogP contribution in [0.5, 0.6) is 0 Å². The highest BCUT2D eigenvalue weighted by Gasteiger charge is 2.30. The Morgan fingerprint density at radius 2 is 2.32 bits per heavy atom.